The van der Waals surface area contributed by atoms with Crippen LogP contribution in [-0.4, -0.2) is 10.5 Å². The number of nitrogens with zero attached hydrogens (tertiary/aromatic N) is 1. The van der Waals surface area contributed by atoms with Crippen LogP contribution in [0.25, 0.3) is 0 Å². The first-order valence-corrected chi connectivity index (χ1v) is 4.05. The van der Waals surface area contributed by atoms with Crippen molar-refractivity contribution in [2.75, 3.05) is 0 Å². The van der Waals surface area contributed by atoms with E-state index in [9.17, 15) is 4.79 Å². The lowest BCUT2D eigenvalue weighted by Crippen LogP contribution is -2.10. The first-order valence-electron chi connectivity index (χ1n) is 4.05. The molecule has 0 aliphatic heterocycles. The van der Waals surface area contributed by atoms with Crippen LogP contribution in [0, 0.1) is 0 Å². The fraction of sp³-hybridized carbons (Fsp3) is 0.100. The molecule has 2 rings (SSSR count). The average molecular weight is 175 g/mol. The van der Waals surface area contributed by atoms with Crippen LogP contribution < -0.4 is 0 Å². The summed E-state index contributed by atoms with van der Waals surface area (Å²) in [5.74, 6) is 0.707. The molecule has 0 atom stereocenters. The maximum absolute atomic E-state index is 11.5. The molecule has 0 aromatic carbocycles. The first-order chi connectivity index (χ1) is 6.36. The summed E-state index contributed by atoms with van der Waals surface area (Å²) in [5.41, 5.74) is 0. The molecule has 66 valence electrons. The zero-order valence-electron chi connectivity index (χ0n) is 7.01. The second-order valence-electron chi connectivity index (χ2n) is 2.74. The minimum Gasteiger partial charge on any atom is -0.469 e. The Balaban J connectivity index is 2.08. The summed E-state index contributed by atoms with van der Waals surface area (Å²) in [6.07, 6.45) is 5.33. The van der Waals surface area contributed by atoms with Crippen molar-refractivity contribution in [2.24, 2.45) is 0 Å². The molecule has 3 nitrogen and oxygen atoms in total. The number of hydrogen-bond donors (Lipinski definition) is 0. The molecule has 0 saturated heterocycles. The van der Waals surface area contributed by atoms with E-state index in [2.05, 4.69) is 0 Å². The van der Waals surface area contributed by atoms with Crippen molar-refractivity contribution in [3.8, 4) is 0 Å². The van der Waals surface area contributed by atoms with Gasteiger partial charge in [-0.15, -0.1) is 0 Å². The van der Waals surface area contributed by atoms with Gasteiger partial charge in [0.05, 0.1) is 12.7 Å². The molecule has 0 aliphatic carbocycles. The van der Waals surface area contributed by atoms with Gasteiger partial charge >= 0.3 is 0 Å². The van der Waals surface area contributed by atoms with Gasteiger partial charge in [0.25, 0.3) is 0 Å². The topological polar surface area (TPSA) is 35.1 Å². The molecule has 2 aromatic rings. The predicted molar refractivity (Wildman–Crippen MR) is 47.5 cm³/mol. The smallest absolute Gasteiger partial charge is 0.238 e. The Morgan fingerprint density at radius 1 is 1.31 bits per heavy atom. The summed E-state index contributed by atoms with van der Waals surface area (Å²) in [7, 11) is 0. The number of hydrogen-bond acceptors (Lipinski definition) is 2. The van der Waals surface area contributed by atoms with Crippen molar-refractivity contribution >= 4 is 5.91 Å². The molecule has 0 bridgehead atoms. The lowest BCUT2D eigenvalue weighted by Gasteiger charge is -1.97. The summed E-state index contributed by atoms with van der Waals surface area (Å²) in [4.78, 5) is 11.5. The maximum atomic E-state index is 11.5. The van der Waals surface area contributed by atoms with E-state index in [1.165, 1.54) is 0 Å². The largest absolute Gasteiger partial charge is 0.469 e. The zero-order valence-corrected chi connectivity index (χ0v) is 7.01. The second kappa shape index (κ2) is 3.31. The molecule has 0 spiro atoms. The van der Waals surface area contributed by atoms with Gasteiger partial charge in [0.15, 0.2) is 0 Å². The summed E-state index contributed by atoms with van der Waals surface area (Å²) in [6, 6.07) is 7.21. The van der Waals surface area contributed by atoms with E-state index in [1.807, 2.05) is 12.1 Å². The van der Waals surface area contributed by atoms with Crippen molar-refractivity contribution in [2.45, 2.75) is 6.42 Å². The van der Waals surface area contributed by atoms with E-state index in [0.29, 0.717) is 12.2 Å². The highest BCUT2D eigenvalue weighted by molar-refractivity contribution is 5.80. The minimum atomic E-state index is 0.0138. The van der Waals surface area contributed by atoms with Crippen LogP contribution >= 0.6 is 0 Å². The lowest BCUT2D eigenvalue weighted by molar-refractivity contribution is 0.0908. The standard InChI is InChI=1S/C10H9NO2/c12-10(11-5-1-2-6-11)8-9-4-3-7-13-9/h1-7H,8H2. The van der Waals surface area contributed by atoms with Crippen LogP contribution in [0.1, 0.15) is 10.6 Å². The second-order valence-corrected chi connectivity index (χ2v) is 2.74. The third-order valence-electron chi connectivity index (χ3n) is 1.80. The van der Waals surface area contributed by atoms with Gasteiger partial charge in [0.1, 0.15) is 5.76 Å². The number of carbonyl (C=O) groups excluding carboxylic acids is 1. The highest BCUT2D eigenvalue weighted by atomic mass is 16.3. The van der Waals surface area contributed by atoms with Crippen molar-refractivity contribution in [1.82, 2.24) is 4.57 Å². The SMILES string of the molecule is O=C(Cc1ccco1)n1cccc1. The molecule has 0 N–H and O–H groups in total. The van der Waals surface area contributed by atoms with Gasteiger partial charge in [-0.1, -0.05) is 0 Å². The van der Waals surface area contributed by atoms with Crippen molar-refractivity contribution in [3.63, 3.8) is 0 Å². The Morgan fingerprint density at radius 2 is 2.08 bits per heavy atom. The van der Waals surface area contributed by atoms with E-state index < -0.39 is 0 Å². The summed E-state index contributed by atoms with van der Waals surface area (Å²) in [6.45, 7) is 0. The Hall–Kier alpha value is -1.77. The Bertz CT molecular complexity index is 373. The molecular weight excluding hydrogens is 166 g/mol. The molecule has 0 amide bonds. The molecule has 0 unspecified atom stereocenters. The van der Waals surface area contributed by atoms with E-state index in [1.54, 1.807) is 35.4 Å². The monoisotopic (exact) mass is 175 g/mol. The first kappa shape index (κ1) is 7.86. The maximum Gasteiger partial charge on any atom is 0.238 e. The van der Waals surface area contributed by atoms with E-state index in [-0.39, 0.29) is 5.91 Å². The number of rotatable bonds is 2. The van der Waals surface area contributed by atoms with Gasteiger partial charge < -0.3 is 4.42 Å². The highest BCUT2D eigenvalue weighted by Gasteiger charge is 2.05. The van der Waals surface area contributed by atoms with Crippen LogP contribution in [0.2, 0.25) is 0 Å². The summed E-state index contributed by atoms with van der Waals surface area (Å²) >= 11 is 0. The Morgan fingerprint density at radius 3 is 2.69 bits per heavy atom. The highest BCUT2D eigenvalue weighted by Crippen LogP contribution is 2.03. The summed E-state index contributed by atoms with van der Waals surface area (Å²) < 4.78 is 6.61. The normalized spacial score (nSPS) is 10.2. The van der Waals surface area contributed by atoms with Crippen molar-refractivity contribution < 1.29 is 9.21 Å². The zero-order chi connectivity index (χ0) is 9.10. The fourth-order valence-corrected chi connectivity index (χ4v) is 1.15. The molecule has 3 heteroatoms. The molecule has 0 saturated carbocycles. The number of carbonyl (C=O) groups is 1. The minimum absolute atomic E-state index is 0.0138. The van der Waals surface area contributed by atoms with Crippen molar-refractivity contribution in [3.05, 3.63) is 48.7 Å². The van der Waals surface area contributed by atoms with E-state index in [4.69, 9.17) is 4.42 Å². The van der Waals surface area contributed by atoms with E-state index in [0.717, 1.165) is 0 Å². The Labute approximate surface area is 75.6 Å². The van der Waals surface area contributed by atoms with Crippen LogP contribution in [0.3, 0.4) is 0 Å². The molecule has 2 heterocycles. The molecule has 0 radical (unpaired) electrons. The fourth-order valence-electron chi connectivity index (χ4n) is 1.15. The number of aromatic nitrogens is 1. The third-order valence-corrected chi connectivity index (χ3v) is 1.80. The molecule has 0 fully saturated rings. The van der Waals surface area contributed by atoms with Crippen molar-refractivity contribution in [1.29, 1.82) is 0 Å². The quantitative estimate of drug-likeness (QED) is 0.699. The van der Waals surface area contributed by atoms with Gasteiger partial charge in [-0.25, -0.2) is 0 Å². The summed E-state index contributed by atoms with van der Waals surface area (Å²) in [5, 5.41) is 0. The predicted octanol–water partition coefficient (Wildman–Crippen LogP) is 1.96. The van der Waals surface area contributed by atoms with Gasteiger partial charge in [0, 0.05) is 12.4 Å². The molecule has 2 aromatic heterocycles. The van der Waals surface area contributed by atoms with Gasteiger partial charge in [-0.05, 0) is 24.3 Å². The van der Waals surface area contributed by atoms with E-state index >= 15 is 0 Å². The molecule has 0 aliphatic rings. The van der Waals surface area contributed by atoms with Gasteiger partial charge in [0.2, 0.25) is 5.91 Å². The van der Waals surface area contributed by atoms with Crippen LogP contribution in [0.15, 0.2) is 47.3 Å². The average Bonchev–Trinajstić information content (AvgIpc) is 2.74. The number of furan rings is 1. The van der Waals surface area contributed by atoms with Crippen LogP contribution in [0.4, 0.5) is 0 Å². The third kappa shape index (κ3) is 1.69. The lowest BCUT2D eigenvalue weighted by atomic mass is 10.3. The van der Waals surface area contributed by atoms with Crippen LogP contribution in [-0.2, 0) is 6.42 Å². The van der Waals surface area contributed by atoms with Gasteiger partial charge in [-0.3, -0.25) is 9.36 Å². The Kier molecular flexibility index (Phi) is 2.00. The van der Waals surface area contributed by atoms with Crippen LogP contribution in [0.5, 0.6) is 0 Å². The van der Waals surface area contributed by atoms with Gasteiger partial charge in [-0.2, -0.15) is 0 Å². The molecule has 13 heavy (non-hydrogen) atoms. The molecular formula is C10H9NO2.